The van der Waals surface area contributed by atoms with Crippen molar-refractivity contribution in [1.82, 2.24) is 14.7 Å². The summed E-state index contributed by atoms with van der Waals surface area (Å²) in [6, 6.07) is 6.42. The summed E-state index contributed by atoms with van der Waals surface area (Å²) >= 11 is 0. The van der Waals surface area contributed by atoms with Crippen LogP contribution in [0, 0.1) is 19.7 Å². The van der Waals surface area contributed by atoms with Crippen molar-refractivity contribution in [3.05, 3.63) is 52.6 Å². The molecule has 1 aromatic heterocycles. The fourth-order valence-corrected chi connectivity index (χ4v) is 3.66. The first-order valence-corrected chi connectivity index (χ1v) is 8.15. The molecule has 1 aliphatic heterocycles. The number of β-amino-alcohol motifs (C(OH)–C–C–N with tert-alkyl or cyclic N) is 1. The normalized spacial score (nSPS) is 20.1. The number of aromatic nitrogens is 2. The van der Waals surface area contributed by atoms with Gasteiger partial charge in [-0.3, -0.25) is 9.58 Å². The van der Waals surface area contributed by atoms with E-state index in [2.05, 4.69) is 23.8 Å². The zero-order chi connectivity index (χ0) is 16.6. The standard InChI is InChI=1S/C18H24FN3O/c1-12-18(13(2)21(3)20-12)16-5-4-10-22(16)11-17(23)14-6-8-15(19)9-7-14/h6-9,16-17,23H,4-5,10-11H2,1-3H3/t16-,17-/m0/s1. The van der Waals surface area contributed by atoms with Gasteiger partial charge in [0.1, 0.15) is 5.82 Å². The molecule has 0 radical (unpaired) electrons. The van der Waals surface area contributed by atoms with Crippen molar-refractivity contribution in [1.29, 1.82) is 0 Å². The topological polar surface area (TPSA) is 41.3 Å². The number of aryl methyl sites for hydroxylation is 2. The quantitative estimate of drug-likeness (QED) is 0.942. The lowest BCUT2D eigenvalue weighted by Gasteiger charge is -2.27. The fraction of sp³-hybridized carbons (Fsp3) is 0.500. The molecule has 1 aliphatic rings. The van der Waals surface area contributed by atoms with Crippen molar-refractivity contribution in [3.63, 3.8) is 0 Å². The third-order valence-electron chi connectivity index (χ3n) is 4.92. The molecule has 0 spiro atoms. The maximum absolute atomic E-state index is 13.0. The van der Waals surface area contributed by atoms with Gasteiger partial charge in [-0.1, -0.05) is 12.1 Å². The number of hydrogen-bond donors (Lipinski definition) is 1. The molecule has 5 heteroatoms. The Hall–Kier alpha value is -1.72. The Kier molecular flexibility index (Phi) is 4.50. The molecular weight excluding hydrogens is 293 g/mol. The number of nitrogens with zero attached hydrogens (tertiary/aromatic N) is 3. The summed E-state index contributed by atoms with van der Waals surface area (Å²) in [4.78, 5) is 2.32. The van der Waals surface area contributed by atoms with E-state index in [1.54, 1.807) is 12.1 Å². The van der Waals surface area contributed by atoms with Crippen molar-refractivity contribution in [3.8, 4) is 0 Å². The van der Waals surface area contributed by atoms with E-state index in [-0.39, 0.29) is 5.82 Å². The molecule has 23 heavy (non-hydrogen) atoms. The number of aliphatic hydroxyl groups excluding tert-OH is 1. The van der Waals surface area contributed by atoms with Crippen LogP contribution in [0.2, 0.25) is 0 Å². The molecule has 3 rings (SSSR count). The van der Waals surface area contributed by atoms with Gasteiger partial charge in [-0.25, -0.2) is 4.39 Å². The Balaban J connectivity index is 1.78. The Labute approximate surface area is 136 Å². The van der Waals surface area contributed by atoms with Gasteiger partial charge < -0.3 is 5.11 Å². The third-order valence-corrected chi connectivity index (χ3v) is 4.92. The summed E-state index contributed by atoms with van der Waals surface area (Å²) in [6.45, 7) is 5.68. The fourth-order valence-electron chi connectivity index (χ4n) is 3.66. The molecule has 0 bridgehead atoms. The molecule has 0 amide bonds. The van der Waals surface area contributed by atoms with E-state index >= 15 is 0 Å². The molecule has 0 unspecified atom stereocenters. The summed E-state index contributed by atoms with van der Waals surface area (Å²) in [5.41, 5.74) is 4.31. The van der Waals surface area contributed by atoms with Gasteiger partial charge in [0.2, 0.25) is 0 Å². The van der Waals surface area contributed by atoms with Crippen LogP contribution in [0.1, 0.15) is 47.5 Å². The van der Waals surface area contributed by atoms with Crippen molar-refractivity contribution in [2.75, 3.05) is 13.1 Å². The molecule has 1 saturated heterocycles. The van der Waals surface area contributed by atoms with E-state index in [1.807, 2.05) is 11.7 Å². The van der Waals surface area contributed by atoms with E-state index in [0.29, 0.717) is 12.6 Å². The van der Waals surface area contributed by atoms with Gasteiger partial charge in [0.25, 0.3) is 0 Å². The average Bonchev–Trinajstić information content (AvgIpc) is 3.04. The predicted molar refractivity (Wildman–Crippen MR) is 87.6 cm³/mol. The van der Waals surface area contributed by atoms with Crippen molar-refractivity contribution in [2.45, 2.75) is 38.8 Å². The van der Waals surface area contributed by atoms with Crippen molar-refractivity contribution >= 4 is 0 Å². The molecule has 4 nitrogen and oxygen atoms in total. The maximum atomic E-state index is 13.0. The summed E-state index contributed by atoms with van der Waals surface area (Å²) in [5, 5.41) is 15.0. The summed E-state index contributed by atoms with van der Waals surface area (Å²) in [7, 11) is 1.97. The zero-order valence-electron chi connectivity index (χ0n) is 14.0. The highest BCUT2D eigenvalue weighted by Crippen LogP contribution is 2.36. The monoisotopic (exact) mass is 317 g/mol. The second kappa shape index (κ2) is 6.42. The summed E-state index contributed by atoms with van der Waals surface area (Å²) in [6.07, 6.45) is 1.60. The largest absolute Gasteiger partial charge is 0.387 e. The second-order valence-corrected chi connectivity index (χ2v) is 6.43. The van der Waals surface area contributed by atoms with Gasteiger partial charge in [-0.15, -0.1) is 0 Å². The number of benzene rings is 1. The summed E-state index contributed by atoms with van der Waals surface area (Å²) < 4.78 is 15.0. The minimum atomic E-state index is -0.603. The third kappa shape index (κ3) is 3.16. The lowest BCUT2D eigenvalue weighted by molar-refractivity contribution is 0.106. The molecule has 1 N–H and O–H groups in total. The van der Waals surface area contributed by atoms with Crippen LogP contribution >= 0.6 is 0 Å². The molecule has 0 aliphatic carbocycles. The van der Waals surface area contributed by atoms with Crippen molar-refractivity contribution in [2.24, 2.45) is 7.05 Å². The summed E-state index contributed by atoms with van der Waals surface area (Å²) in [5.74, 6) is -0.276. The highest BCUT2D eigenvalue weighted by molar-refractivity contribution is 5.29. The zero-order valence-corrected chi connectivity index (χ0v) is 14.0. The van der Waals surface area contributed by atoms with Gasteiger partial charge in [-0.2, -0.15) is 5.10 Å². The average molecular weight is 317 g/mol. The Morgan fingerprint density at radius 3 is 2.61 bits per heavy atom. The first kappa shape index (κ1) is 16.1. The van der Waals surface area contributed by atoms with Crippen LogP contribution in [-0.2, 0) is 7.05 Å². The van der Waals surface area contributed by atoms with Crippen LogP contribution in [0.5, 0.6) is 0 Å². The number of rotatable bonds is 4. The first-order chi connectivity index (χ1) is 11.0. The lowest BCUT2D eigenvalue weighted by Crippen LogP contribution is -2.29. The SMILES string of the molecule is Cc1nn(C)c(C)c1[C@@H]1CCCN1C[C@H](O)c1ccc(F)cc1. The van der Waals surface area contributed by atoms with Gasteiger partial charge in [0.05, 0.1) is 11.8 Å². The van der Waals surface area contributed by atoms with E-state index in [0.717, 1.165) is 30.6 Å². The molecule has 2 heterocycles. The van der Waals surface area contributed by atoms with E-state index in [9.17, 15) is 9.50 Å². The van der Waals surface area contributed by atoms with Gasteiger partial charge in [0, 0.05) is 30.9 Å². The molecular formula is C18H24FN3O. The molecule has 2 atom stereocenters. The van der Waals surface area contributed by atoms with E-state index < -0.39 is 6.10 Å². The van der Waals surface area contributed by atoms with Crippen LogP contribution in [0.4, 0.5) is 4.39 Å². The van der Waals surface area contributed by atoms with E-state index in [1.165, 1.54) is 23.4 Å². The van der Waals surface area contributed by atoms with Crippen LogP contribution in [-0.4, -0.2) is 32.9 Å². The number of hydrogen-bond acceptors (Lipinski definition) is 3. The molecule has 1 fully saturated rings. The van der Waals surface area contributed by atoms with Crippen molar-refractivity contribution < 1.29 is 9.50 Å². The smallest absolute Gasteiger partial charge is 0.123 e. The minimum absolute atomic E-state index is 0.276. The number of aliphatic hydroxyl groups is 1. The number of halogens is 1. The van der Waals surface area contributed by atoms with Gasteiger partial charge >= 0.3 is 0 Å². The van der Waals surface area contributed by atoms with Crippen LogP contribution < -0.4 is 0 Å². The van der Waals surface area contributed by atoms with Gasteiger partial charge in [0.15, 0.2) is 0 Å². The van der Waals surface area contributed by atoms with Gasteiger partial charge in [-0.05, 0) is 50.9 Å². The molecule has 2 aromatic rings. The lowest BCUT2D eigenvalue weighted by atomic mass is 10.0. The maximum Gasteiger partial charge on any atom is 0.123 e. The Morgan fingerprint density at radius 2 is 2.00 bits per heavy atom. The molecule has 1 aromatic carbocycles. The van der Waals surface area contributed by atoms with Crippen LogP contribution in [0.3, 0.4) is 0 Å². The minimum Gasteiger partial charge on any atom is -0.387 e. The molecule has 124 valence electrons. The Morgan fingerprint density at radius 1 is 1.30 bits per heavy atom. The predicted octanol–water partition coefficient (Wildman–Crippen LogP) is 3.05. The first-order valence-electron chi connectivity index (χ1n) is 8.15. The Bertz CT molecular complexity index is 680. The highest BCUT2D eigenvalue weighted by Gasteiger charge is 2.31. The second-order valence-electron chi connectivity index (χ2n) is 6.43. The highest BCUT2D eigenvalue weighted by atomic mass is 19.1. The van der Waals surface area contributed by atoms with Crippen LogP contribution in [0.25, 0.3) is 0 Å². The number of likely N-dealkylation sites (tertiary alicyclic amines) is 1. The van der Waals surface area contributed by atoms with E-state index in [4.69, 9.17) is 0 Å². The van der Waals surface area contributed by atoms with Crippen LogP contribution in [0.15, 0.2) is 24.3 Å². The molecule has 0 saturated carbocycles.